The first-order valence-corrected chi connectivity index (χ1v) is 8.89. The maximum Gasteiger partial charge on any atom is 0.244 e. The molecule has 1 heterocycles. The van der Waals surface area contributed by atoms with Gasteiger partial charge in [-0.15, -0.1) is 0 Å². The van der Waals surface area contributed by atoms with Crippen molar-refractivity contribution in [2.24, 2.45) is 0 Å². The SMILES string of the molecule is COc1ccc(/C=C/C(=O)NCc2ccc(Cn3ccnc3)cc2)cc1OC. The normalized spacial score (nSPS) is 10.8. The summed E-state index contributed by atoms with van der Waals surface area (Å²) in [5, 5.41) is 2.89. The lowest BCUT2D eigenvalue weighted by Gasteiger charge is -2.08. The van der Waals surface area contributed by atoms with Crippen LogP contribution in [0.4, 0.5) is 0 Å². The number of aromatic nitrogens is 2. The minimum Gasteiger partial charge on any atom is -0.493 e. The molecule has 0 bridgehead atoms. The van der Waals surface area contributed by atoms with E-state index in [0.717, 1.165) is 17.7 Å². The van der Waals surface area contributed by atoms with Crippen LogP contribution in [0.5, 0.6) is 11.5 Å². The summed E-state index contributed by atoms with van der Waals surface area (Å²) in [4.78, 5) is 16.1. The lowest BCUT2D eigenvalue weighted by atomic mass is 10.1. The van der Waals surface area contributed by atoms with E-state index in [4.69, 9.17) is 9.47 Å². The van der Waals surface area contributed by atoms with Crippen molar-refractivity contribution < 1.29 is 14.3 Å². The van der Waals surface area contributed by atoms with Crippen LogP contribution < -0.4 is 14.8 Å². The van der Waals surface area contributed by atoms with E-state index in [1.807, 2.05) is 41.1 Å². The summed E-state index contributed by atoms with van der Waals surface area (Å²) in [5.74, 6) is 1.12. The number of rotatable bonds is 8. The van der Waals surface area contributed by atoms with Gasteiger partial charge in [-0.2, -0.15) is 0 Å². The standard InChI is InChI=1S/C22H23N3O3/c1-27-20-9-7-17(13-21(20)28-2)8-10-22(26)24-14-18-3-5-19(6-4-18)15-25-12-11-23-16-25/h3-13,16H,14-15H2,1-2H3,(H,24,26)/b10-8+. The Balaban J connectivity index is 1.52. The fraction of sp³-hybridized carbons (Fsp3) is 0.182. The van der Waals surface area contributed by atoms with Gasteiger partial charge in [-0.1, -0.05) is 30.3 Å². The predicted molar refractivity (Wildman–Crippen MR) is 108 cm³/mol. The molecule has 1 aromatic heterocycles. The van der Waals surface area contributed by atoms with E-state index in [0.29, 0.717) is 18.0 Å². The van der Waals surface area contributed by atoms with Crippen LogP contribution in [-0.2, 0) is 17.9 Å². The molecule has 0 aliphatic carbocycles. The summed E-state index contributed by atoms with van der Waals surface area (Å²) in [5.41, 5.74) is 3.08. The predicted octanol–water partition coefficient (Wildman–Crippen LogP) is 3.28. The van der Waals surface area contributed by atoms with Crippen LogP contribution in [0.2, 0.25) is 0 Å². The summed E-state index contributed by atoms with van der Waals surface area (Å²) < 4.78 is 12.5. The van der Waals surface area contributed by atoms with Crippen LogP contribution in [0, 0.1) is 0 Å². The molecule has 0 saturated heterocycles. The Kier molecular flexibility index (Phi) is 6.46. The molecule has 0 atom stereocenters. The molecule has 0 fully saturated rings. The first kappa shape index (κ1) is 19.2. The van der Waals surface area contributed by atoms with E-state index < -0.39 is 0 Å². The highest BCUT2D eigenvalue weighted by atomic mass is 16.5. The fourth-order valence-corrected chi connectivity index (χ4v) is 2.73. The van der Waals surface area contributed by atoms with Gasteiger partial charge in [0.25, 0.3) is 0 Å². The highest BCUT2D eigenvalue weighted by Crippen LogP contribution is 2.27. The fourth-order valence-electron chi connectivity index (χ4n) is 2.73. The van der Waals surface area contributed by atoms with Crippen molar-refractivity contribution in [2.75, 3.05) is 14.2 Å². The molecular formula is C22H23N3O3. The molecule has 144 valence electrons. The van der Waals surface area contributed by atoms with Crippen molar-refractivity contribution in [3.8, 4) is 11.5 Å². The lowest BCUT2D eigenvalue weighted by molar-refractivity contribution is -0.116. The first-order chi connectivity index (χ1) is 13.7. The second kappa shape index (κ2) is 9.41. The Labute approximate surface area is 164 Å². The molecule has 0 aliphatic rings. The van der Waals surface area contributed by atoms with E-state index in [9.17, 15) is 4.79 Å². The van der Waals surface area contributed by atoms with E-state index in [1.165, 1.54) is 11.6 Å². The smallest absolute Gasteiger partial charge is 0.244 e. The summed E-state index contributed by atoms with van der Waals surface area (Å²) in [6.07, 6.45) is 8.73. The Morgan fingerprint density at radius 2 is 1.82 bits per heavy atom. The Bertz CT molecular complexity index is 932. The number of hydrogen-bond donors (Lipinski definition) is 1. The van der Waals surface area contributed by atoms with Gasteiger partial charge in [0.05, 0.1) is 20.5 Å². The van der Waals surface area contributed by atoms with Crippen molar-refractivity contribution in [1.82, 2.24) is 14.9 Å². The molecule has 3 rings (SSSR count). The maximum atomic E-state index is 12.1. The van der Waals surface area contributed by atoms with Crippen molar-refractivity contribution in [1.29, 1.82) is 0 Å². The zero-order valence-corrected chi connectivity index (χ0v) is 16.0. The van der Waals surface area contributed by atoms with Crippen LogP contribution in [0.3, 0.4) is 0 Å². The van der Waals surface area contributed by atoms with Crippen LogP contribution in [0.15, 0.2) is 67.3 Å². The molecule has 0 spiro atoms. The Hall–Kier alpha value is -3.54. The van der Waals surface area contributed by atoms with E-state index in [-0.39, 0.29) is 5.91 Å². The average Bonchev–Trinajstić information content (AvgIpc) is 3.24. The summed E-state index contributed by atoms with van der Waals surface area (Å²) in [6, 6.07) is 13.6. The lowest BCUT2D eigenvalue weighted by Crippen LogP contribution is -2.20. The molecule has 0 radical (unpaired) electrons. The highest BCUT2D eigenvalue weighted by Gasteiger charge is 2.03. The molecule has 1 N–H and O–H groups in total. The zero-order valence-electron chi connectivity index (χ0n) is 16.0. The Morgan fingerprint density at radius 3 is 2.50 bits per heavy atom. The molecule has 1 amide bonds. The molecule has 2 aromatic carbocycles. The highest BCUT2D eigenvalue weighted by molar-refractivity contribution is 5.91. The number of carbonyl (C=O) groups is 1. The second-order valence-corrected chi connectivity index (χ2v) is 6.22. The van der Waals surface area contributed by atoms with Gasteiger partial charge in [-0.25, -0.2) is 4.98 Å². The van der Waals surface area contributed by atoms with E-state index in [1.54, 1.807) is 32.8 Å². The van der Waals surface area contributed by atoms with Gasteiger partial charge < -0.3 is 19.4 Å². The number of ether oxygens (including phenoxy) is 2. The third-order valence-electron chi connectivity index (χ3n) is 4.25. The van der Waals surface area contributed by atoms with E-state index in [2.05, 4.69) is 22.4 Å². The summed E-state index contributed by atoms with van der Waals surface area (Å²) in [7, 11) is 3.17. The van der Waals surface area contributed by atoms with Gasteiger partial charge in [-0.3, -0.25) is 4.79 Å². The number of imidazole rings is 1. The molecule has 0 unspecified atom stereocenters. The Morgan fingerprint density at radius 1 is 1.07 bits per heavy atom. The number of hydrogen-bond acceptors (Lipinski definition) is 4. The molecular weight excluding hydrogens is 354 g/mol. The quantitative estimate of drug-likeness (QED) is 0.612. The molecule has 0 saturated carbocycles. The molecule has 6 heteroatoms. The average molecular weight is 377 g/mol. The minimum atomic E-state index is -0.155. The topological polar surface area (TPSA) is 65.4 Å². The van der Waals surface area contributed by atoms with Crippen molar-refractivity contribution in [3.05, 3.63) is 84.0 Å². The first-order valence-electron chi connectivity index (χ1n) is 8.89. The molecule has 28 heavy (non-hydrogen) atoms. The van der Waals surface area contributed by atoms with Crippen molar-refractivity contribution >= 4 is 12.0 Å². The van der Waals surface area contributed by atoms with E-state index >= 15 is 0 Å². The van der Waals surface area contributed by atoms with Crippen molar-refractivity contribution in [2.45, 2.75) is 13.1 Å². The minimum absolute atomic E-state index is 0.155. The van der Waals surface area contributed by atoms with Crippen LogP contribution in [0.25, 0.3) is 6.08 Å². The van der Waals surface area contributed by atoms with Crippen LogP contribution in [0.1, 0.15) is 16.7 Å². The number of amides is 1. The van der Waals surface area contributed by atoms with Crippen molar-refractivity contribution in [3.63, 3.8) is 0 Å². The van der Waals surface area contributed by atoms with Crippen LogP contribution in [-0.4, -0.2) is 29.7 Å². The molecule has 3 aromatic rings. The summed E-state index contributed by atoms with van der Waals surface area (Å²) >= 11 is 0. The third-order valence-corrected chi connectivity index (χ3v) is 4.25. The number of methoxy groups -OCH3 is 2. The van der Waals surface area contributed by atoms with Gasteiger partial charge in [-0.05, 0) is 34.9 Å². The van der Waals surface area contributed by atoms with Gasteiger partial charge in [0.2, 0.25) is 5.91 Å². The largest absolute Gasteiger partial charge is 0.493 e. The third kappa shape index (κ3) is 5.23. The number of nitrogens with zero attached hydrogens (tertiary/aromatic N) is 2. The van der Waals surface area contributed by atoms with Gasteiger partial charge in [0, 0.05) is 31.6 Å². The molecule has 0 aliphatic heterocycles. The number of carbonyl (C=O) groups excluding carboxylic acids is 1. The van der Waals surface area contributed by atoms with Gasteiger partial charge in [0.1, 0.15) is 0 Å². The molecule has 6 nitrogen and oxygen atoms in total. The zero-order chi connectivity index (χ0) is 19.8. The summed E-state index contributed by atoms with van der Waals surface area (Å²) in [6.45, 7) is 1.25. The number of nitrogens with one attached hydrogen (secondary N) is 1. The van der Waals surface area contributed by atoms with Gasteiger partial charge >= 0.3 is 0 Å². The monoisotopic (exact) mass is 377 g/mol. The number of benzene rings is 2. The maximum absolute atomic E-state index is 12.1. The second-order valence-electron chi connectivity index (χ2n) is 6.22. The van der Waals surface area contributed by atoms with Crippen LogP contribution >= 0.6 is 0 Å². The van der Waals surface area contributed by atoms with Gasteiger partial charge in [0.15, 0.2) is 11.5 Å².